The molecule has 2 amide bonds. The number of benzene rings is 2. The van der Waals surface area contributed by atoms with Gasteiger partial charge in [0.15, 0.2) is 0 Å². The number of rotatable bonds is 11. The van der Waals surface area contributed by atoms with E-state index in [4.69, 9.17) is 4.74 Å². The Morgan fingerprint density at radius 1 is 0.804 bits per heavy atom. The molecule has 15 heteroatoms. The van der Waals surface area contributed by atoms with Crippen LogP contribution in [-0.2, 0) is 35.7 Å². The highest BCUT2D eigenvalue weighted by Gasteiger charge is 2.26. The molecule has 56 heavy (non-hydrogen) atoms. The van der Waals surface area contributed by atoms with Crippen molar-refractivity contribution >= 4 is 56.3 Å². The van der Waals surface area contributed by atoms with Crippen LogP contribution in [0.15, 0.2) is 113 Å². The zero-order chi connectivity index (χ0) is 38.3. The predicted octanol–water partition coefficient (Wildman–Crippen LogP) is 5.12. The Morgan fingerprint density at radius 3 is 2.57 bits per heavy atom. The Kier molecular flexibility index (Phi) is 8.80. The van der Waals surface area contributed by atoms with Crippen LogP contribution in [0.3, 0.4) is 0 Å². The molecular formula is C41H34FN9O5. The van der Waals surface area contributed by atoms with E-state index in [1.54, 1.807) is 76.6 Å². The molecule has 1 aliphatic rings. The van der Waals surface area contributed by atoms with Crippen molar-refractivity contribution in [2.45, 2.75) is 45.4 Å². The summed E-state index contributed by atoms with van der Waals surface area (Å²) >= 11 is 0. The Hall–Kier alpha value is -7.16. The molecule has 6 aromatic heterocycles. The van der Waals surface area contributed by atoms with Crippen LogP contribution in [0.25, 0.3) is 33.1 Å². The van der Waals surface area contributed by atoms with Crippen molar-refractivity contribution in [2.24, 2.45) is 0 Å². The smallest absolute Gasteiger partial charge is 0.277 e. The highest BCUT2D eigenvalue weighted by Crippen LogP contribution is 2.30. The normalized spacial score (nSPS) is 12.6. The molecule has 8 aromatic rings. The molecule has 0 bridgehead atoms. The molecule has 0 fully saturated rings. The maximum absolute atomic E-state index is 14.3. The number of aryl methyl sites for hydroxylation is 2. The van der Waals surface area contributed by atoms with Crippen LogP contribution in [-0.4, -0.2) is 51.5 Å². The van der Waals surface area contributed by atoms with E-state index >= 15 is 0 Å². The first-order valence-electron chi connectivity index (χ1n) is 18.2. The minimum absolute atomic E-state index is 0.0265. The number of amides is 2. The van der Waals surface area contributed by atoms with Gasteiger partial charge in [-0.2, -0.15) is 5.10 Å². The number of fused-ring (bicyclic) bond motifs is 7. The number of nitrogens with one attached hydrogen (secondary N) is 1. The number of carbonyl (C=O) groups is 2. The number of carbonyl (C=O) groups excluding carboxylic acids is 2. The lowest BCUT2D eigenvalue weighted by molar-refractivity contribution is -0.119. The van der Waals surface area contributed by atoms with Gasteiger partial charge in [0.05, 0.1) is 45.8 Å². The van der Waals surface area contributed by atoms with E-state index in [1.165, 1.54) is 27.4 Å². The van der Waals surface area contributed by atoms with Gasteiger partial charge >= 0.3 is 0 Å². The van der Waals surface area contributed by atoms with Gasteiger partial charge in [-0.1, -0.05) is 6.07 Å². The first kappa shape index (κ1) is 34.6. The van der Waals surface area contributed by atoms with Crippen molar-refractivity contribution in [1.29, 1.82) is 0 Å². The summed E-state index contributed by atoms with van der Waals surface area (Å²) in [6.07, 6.45) is 9.80. The summed E-state index contributed by atoms with van der Waals surface area (Å²) in [7, 11) is 0. The minimum atomic E-state index is -0.489. The number of hydrogen-bond donors (Lipinski definition) is 1. The molecule has 2 aromatic carbocycles. The maximum Gasteiger partial charge on any atom is 0.277 e. The summed E-state index contributed by atoms with van der Waals surface area (Å²) in [4.78, 5) is 63.5. The van der Waals surface area contributed by atoms with Crippen molar-refractivity contribution in [3.05, 3.63) is 142 Å². The van der Waals surface area contributed by atoms with Crippen molar-refractivity contribution in [3.63, 3.8) is 0 Å². The summed E-state index contributed by atoms with van der Waals surface area (Å²) in [5.74, 6) is -0.330. The third kappa shape index (κ3) is 6.32. The summed E-state index contributed by atoms with van der Waals surface area (Å²) in [6.45, 7) is 1.03. The number of hydrogen-bond acceptors (Lipinski definition) is 8. The van der Waals surface area contributed by atoms with E-state index < -0.39 is 5.82 Å². The highest BCUT2D eigenvalue weighted by molar-refractivity contribution is 5.95. The zero-order valence-corrected chi connectivity index (χ0v) is 30.0. The molecule has 0 unspecified atom stereocenters. The molecule has 0 saturated heterocycles. The predicted molar refractivity (Wildman–Crippen MR) is 207 cm³/mol. The van der Waals surface area contributed by atoms with Gasteiger partial charge in [0, 0.05) is 62.8 Å². The highest BCUT2D eigenvalue weighted by atomic mass is 19.1. The molecule has 9 rings (SSSR count). The van der Waals surface area contributed by atoms with Gasteiger partial charge in [-0.05, 0) is 79.1 Å². The van der Waals surface area contributed by atoms with Crippen molar-refractivity contribution in [2.75, 3.05) is 16.8 Å². The number of ether oxygens (including phenoxy) is 1. The Labute approximate surface area is 317 Å². The molecule has 0 spiro atoms. The van der Waals surface area contributed by atoms with Gasteiger partial charge in [0.1, 0.15) is 29.2 Å². The van der Waals surface area contributed by atoms with E-state index in [0.717, 1.165) is 22.3 Å². The second kappa shape index (κ2) is 14.2. The quantitative estimate of drug-likeness (QED) is 0.191. The molecule has 0 radical (unpaired) electrons. The van der Waals surface area contributed by atoms with Crippen LogP contribution in [0.1, 0.15) is 30.5 Å². The molecule has 1 N–H and O–H groups in total. The second-order valence-corrected chi connectivity index (χ2v) is 13.6. The molecule has 1 aliphatic heterocycles. The molecular weight excluding hydrogens is 718 g/mol. The van der Waals surface area contributed by atoms with Gasteiger partial charge in [0.2, 0.25) is 11.8 Å². The van der Waals surface area contributed by atoms with Crippen LogP contribution in [0.5, 0.6) is 5.75 Å². The van der Waals surface area contributed by atoms with Crippen LogP contribution < -0.4 is 26.1 Å². The Balaban J connectivity index is 0.821. The van der Waals surface area contributed by atoms with E-state index in [-0.39, 0.29) is 48.9 Å². The molecule has 0 atom stereocenters. The van der Waals surface area contributed by atoms with E-state index in [9.17, 15) is 23.6 Å². The fourth-order valence-corrected chi connectivity index (χ4v) is 7.48. The maximum atomic E-state index is 14.3. The van der Waals surface area contributed by atoms with Crippen molar-refractivity contribution in [1.82, 2.24) is 33.1 Å². The first-order chi connectivity index (χ1) is 27.3. The van der Waals surface area contributed by atoms with Gasteiger partial charge in [-0.25, -0.2) is 8.91 Å². The fraction of sp³-hybridized carbons (Fsp3) is 0.195. The fourth-order valence-electron chi connectivity index (χ4n) is 7.48. The number of anilines is 2. The van der Waals surface area contributed by atoms with E-state index in [1.807, 2.05) is 22.7 Å². The third-order valence-electron chi connectivity index (χ3n) is 10.2. The second-order valence-electron chi connectivity index (χ2n) is 13.6. The van der Waals surface area contributed by atoms with Gasteiger partial charge < -0.3 is 28.5 Å². The van der Waals surface area contributed by atoms with Crippen LogP contribution in [0.2, 0.25) is 0 Å². The lowest BCUT2D eigenvalue weighted by atomic mass is 10.2. The van der Waals surface area contributed by atoms with Crippen molar-refractivity contribution < 1.29 is 18.7 Å². The summed E-state index contributed by atoms with van der Waals surface area (Å²) in [5, 5.41) is 7.13. The number of pyridine rings is 2. The molecule has 280 valence electrons. The lowest BCUT2D eigenvalue weighted by Gasteiger charge is -2.19. The van der Waals surface area contributed by atoms with Crippen LogP contribution in [0.4, 0.5) is 15.8 Å². The van der Waals surface area contributed by atoms with E-state index in [0.29, 0.717) is 65.1 Å². The van der Waals surface area contributed by atoms with Gasteiger partial charge in [0.25, 0.3) is 11.1 Å². The molecule has 14 nitrogen and oxygen atoms in total. The number of aromatic nitrogens is 7. The number of halogens is 1. The van der Waals surface area contributed by atoms with Crippen LogP contribution in [0, 0.1) is 5.82 Å². The zero-order valence-electron chi connectivity index (χ0n) is 30.0. The van der Waals surface area contributed by atoms with E-state index in [2.05, 4.69) is 20.4 Å². The first-order valence-corrected chi connectivity index (χ1v) is 18.2. The summed E-state index contributed by atoms with van der Waals surface area (Å²) in [6, 6.07) is 20.1. The standard InChI is InChI=1S/C41H34FN9O5/c42-27-8-9-32-36(20-27)50(41(55)34-11-15-45-51(32)34)19-13-39(53)48-18-12-26-23-44-29(22-35(26)48)25-56-30-5-1-4-28(21-30)46-38(52)7-3-17-49-31-10-14-43-24-37(31)47-16-2-6-33(47)40(49)54/h1-2,4-6,8-11,14-16,20-24H,3,7,12-13,17-19,25H2,(H,46,52). The lowest BCUT2D eigenvalue weighted by Crippen LogP contribution is -2.31. The average Bonchev–Trinajstić information content (AvgIpc) is 3.99. The largest absolute Gasteiger partial charge is 0.487 e. The van der Waals surface area contributed by atoms with Gasteiger partial charge in [-0.15, -0.1) is 0 Å². The topological polar surface area (TPSA) is 150 Å². The molecule has 0 aliphatic carbocycles. The minimum Gasteiger partial charge on any atom is -0.487 e. The molecule has 0 saturated carbocycles. The monoisotopic (exact) mass is 751 g/mol. The summed E-state index contributed by atoms with van der Waals surface area (Å²) < 4.78 is 26.7. The SMILES string of the molecule is O=C(CCCn1c(=O)c2cccn2c2cnccc21)Nc1cccc(OCc2cc3c(cn2)CCN3C(=O)CCn2c(=O)c3ccnn3c3ccc(F)cc32)c1. The number of nitrogens with zero attached hydrogens (tertiary/aromatic N) is 8. The Bertz CT molecular complexity index is 2970. The van der Waals surface area contributed by atoms with Crippen LogP contribution >= 0.6 is 0 Å². The summed E-state index contributed by atoms with van der Waals surface area (Å²) in [5.41, 5.74) is 5.76. The third-order valence-corrected chi connectivity index (χ3v) is 10.2. The molecule has 7 heterocycles. The van der Waals surface area contributed by atoms with Gasteiger partial charge in [-0.3, -0.25) is 29.1 Å². The van der Waals surface area contributed by atoms with Crippen molar-refractivity contribution in [3.8, 4) is 5.75 Å². The average molecular weight is 752 g/mol. The Morgan fingerprint density at radius 2 is 1.66 bits per heavy atom.